The average molecular weight is 562 g/mol. The molecule has 0 aliphatic carbocycles. The van der Waals surface area contributed by atoms with Crippen molar-refractivity contribution in [2.24, 2.45) is 5.92 Å². The molecule has 14 heteroatoms. The largest absolute Gasteiger partial charge is 0.495 e. The molecule has 5 rings (SSSR count). The summed E-state index contributed by atoms with van der Waals surface area (Å²) in [5.74, 6) is -0.0389. The standard InChI is InChI=1S/C27H25F2N9O3/c1-16(12-38-15-33-35-36-38)41-23-7-17(3-4-19(23)9-30)20-10-31-27(32-11-20)34-22-6-5-18(8-24(22)40-2)26(39)37-13-21(14-37)25(28)29/h3-8,10-11,15-16,21,25H,12-14H2,1-2H3,(H,31,32,34). The second-order valence-electron chi connectivity index (χ2n) is 9.42. The molecule has 1 saturated heterocycles. The minimum Gasteiger partial charge on any atom is -0.495 e. The number of carbonyl (C=O) groups is 1. The van der Waals surface area contributed by atoms with Gasteiger partial charge in [-0.2, -0.15) is 5.26 Å². The molecule has 1 N–H and O–H groups in total. The molecule has 3 heterocycles. The Morgan fingerprint density at radius 1 is 1.15 bits per heavy atom. The lowest BCUT2D eigenvalue weighted by Gasteiger charge is -2.38. The molecule has 12 nitrogen and oxygen atoms in total. The zero-order valence-corrected chi connectivity index (χ0v) is 22.1. The smallest absolute Gasteiger partial charge is 0.254 e. The van der Waals surface area contributed by atoms with Crippen LogP contribution in [0.4, 0.5) is 20.4 Å². The second kappa shape index (κ2) is 11.9. The zero-order chi connectivity index (χ0) is 28.9. The van der Waals surface area contributed by atoms with Gasteiger partial charge in [-0.15, -0.1) is 5.10 Å². The lowest BCUT2D eigenvalue weighted by Crippen LogP contribution is -2.52. The van der Waals surface area contributed by atoms with E-state index in [0.717, 1.165) is 5.56 Å². The molecule has 1 atom stereocenters. The topological polar surface area (TPSA) is 144 Å². The van der Waals surface area contributed by atoms with Crippen LogP contribution in [0.1, 0.15) is 22.8 Å². The van der Waals surface area contributed by atoms with Gasteiger partial charge in [-0.3, -0.25) is 4.79 Å². The van der Waals surface area contributed by atoms with Crippen molar-refractivity contribution in [2.45, 2.75) is 26.0 Å². The van der Waals surface area contributed by atoms with E-state index in [1.54, 1.807) is 48.8 Å². The first kappa shape index (κ1) is 27.4. The van der Waals surface area contributed by atoms with E-state index in [2.05, 4.69) is 36.9 Å². The number of aromatic nitrogens is 6. The van der Waals surface area contributed by atoms with Gasteiger partial charge in [0.2, 0.25) is 12.4 Å². The van der Waals surface area contributed by atoms with E-state index in [0.29, 0.717) is 40.4 Å². The highest BCUT2D eigenvalue weighted by atomic mass is 19.3. The molecule has 4 aromatic rings. The van der Waals surface area contributed by atoms with Gasteiger partial charge in [0.25, 0.3) is 5.91 Å². The SMILES string of the molecule is COc1cc(C(=O)N2CC(C(F)F)C2)ccc1Nc1ncc(-c2ccc(C#N)c(OC(C)Cn3cnnn3)c2)cn1. The van der Waals surface area contributed by atoms with E-state index < -0.39 is 12.3 Å². The highest BCUT2D eigenvalue weighted by Gasteiger charge is 2.37. The molecular weight excluding hydrogens is 536 g/mol. The molecule has 2 aromatic heterocycles. The first-order chi connectivity index (χ1) is 19.8. The van der Waals surface area contributed by atoms with Crippen LogP contribution in [0.2, 0.25) is 0 Å². The molecule has 2 aromatic carbocycles. The molecule has 1 aliphatic heterocycles. The van der Waals surface area contributed by atoms with Gasteiger partial charge in [0.1, 0.15) is 30.0 Å². The van der Waals surface area contributed by atoms with Gasteiger partial charge in [-0.1, -0.05) is 6.07 Å². The highest BCUT2D eigenvalue weighted by Crippen LogP contribution is 2.31. The number of hydrogen-bond donors (Lipinski definition) is 1. The van der Waals surface area contributed by atoms with Crippen molar-refractivity contribution < 1.29 is 23.0 Å². The quantitative estimate of drug-likeness (QED) is 0.305. The minimum absolute atomic E-state index is 0.0333. The zero-order valence-electron chi connectivity index (χ0n) is 22.1. The van der Waals surface area contributed by atoms with Gasteiger partial charge in [0.15, 0.2) is 0 Å². The van der Waals surface area contributed by atoms with Crippen molar-refractivity contribution in [3.8, 4) is 28.7 Å². The van der Waals surface area contributed by atoms with Gasteiger partial charge in [0, 0.05) is 36.6 Å². The van der Waals surface area contributed by atoms with E-state index in [4.69, 9.17) is 9.47 Å². The van der Waals surface area contributed by atoms with Crippen LogP contribution in [0.25, 0.3) is 11.1 Å². The lowest BCUT2D eigenvalue weighted by atomic mass is 9.99. The number of ether oxygens (including phenoxy) is 2. The van der Waals surface area contributed by atoms with E-state index >= 15 is 0 Å². The lowest BCUT2D eigenvalue weighted by molar-refractivity contribution is -0.0152. The molecule has 41 heavy (non-hydrogen) atoms. The number of carbonyl (C=O) groups excluding carboxylic acids is 1. The average Bonchev–Trinajstić information content (AvgIpc) is 3.45. The Hall–Kier alpha value is -5.19. The van der Waals surface area contributed by atoms with Crippen LogP contribution in [0.15, 0.2) is 55.1 Å². The van der Waals surface area contributed by atoms with Crippen molar-refractivity contribution in [1.29, 1.82) is 5.26 Å². The maximum absolute atomic E-state index is 12.8. The van der Waals surface area contributed by atoms with Crippen molar-refractivity contribution in [1.82, 2.24) is 35.1 Å². The maximum atomic E-state index is 12.8. The van der Waals surface area contributed by atoms with Crippen molar-refractivity contribution in [2.75, 3.05) is 25.5 Å². The Labute approximate surface area is 233 Å². The number of nitriles is 1. The second-order valence-corrected chi connectivity index (χ2v) is 9.42. The predicted octanol–water partition coefficient (Wildman–Crippen LogP) is 3.56. The Morgan fingerprint density at radius 3 is 2.59 bits per heavy atom. The summed E-state index contributed by atoms with van der Waals surface area (Å²) in [6.07, 6.45) is 1.99. The molecule has 1 unspecified atom stereocenters. The van der Waals surface area contributed by atoms with Crippen LogP contribution in [-0.2, 0) is 6.54 Å². The maximum Gasteiger partial charge on any atom is 0.254 e. The van der Waals surface area contributed by atoms with Crippen LogP contribution in [0, 0.1) is 17.2 Å². The van der Waals surface area contributed by atoms with E-state index in [1.807, 2.05) is 6.92 Å². The van der Waals surface area contributed by atoms with Gasteiger partial charge >= 0.3 is 0 Å². The number of nitrogens with zero attached hydrogens (tertiary/aromatic N) is 8. The third-order valence-corrected chi connectivity index (χ3v) is 6.50. The summed E-state index contributed by atoms with van der Waals surface area (Å²) >= 11 is 0. The molecule has 0 bridgehead atoms. The number of benzene rings is 2. The molecule has 1 aliphatic rings. The molecule has 1 amide bonds. The van der Waals surface area contributed by atoms with Gasteiger partial charge in [0.05, 0.1) is 30.8 Å². The van der Waals surface area contributed by atoms with Gasteiger partial charge in [-0.05, 0) is 53.2 Å². The molecule has 0 spiro atoms. The van der Waals surface area contributed by atoms with E-state index in [1.165, 1.54) is 23.0 Å². The number of nitrogens with one attached hydrogen (secondary N) is 1. The summed E-state index contributed by atoms with van der Waals surface area (Å²) in [7, 11) is 1.46. The summed E-state index contributed by atoms with van der Waals surface area (Å²) in [6.45, 7) is 2.32. The third-order valence-electron chi connectivity index (χ3n) is 6.50. The van der Waals surface area contributed by atoms with Crippen LogP contribution >= 0.6 is 0 Å². The van der Waals surface area contributed by atoms with Crippen molar-refractivity contribution in [3.05, 3.63) is 66.2 Å². The molecule has 0 saturated carbocycles. The van der Waals surface area contributed by atoms with Crippen LogP contribution in [-0.4, -0.2) is 73.7 Å². The van der Waals surface area contributed by atoms with E-state index in [-0.39, 0.29) is 31.0 Å². The Kier molecular flexibility index (Phi) is 7.95. The molecular formula is C27H25F2N9O3. The Balaban J connectivity index is 1.27. The number of rotatable bonds is 10. The molecule has 0 radical (unpaired) electrons. The molecule has 1 fully saturated rings. The number of halogens is 2. The van der Waals surface area contributed by atoms with Crippen molar-refractivity contribution in [3.63, 3.8) is 0 Å². The van der Waals surface area contributed by atoms with Crippen molar-refractivity contribution >= 4 is 17.5 Å². The predicted molar refractivity (Wildman–Crippen MR) is 142 cm³/mol. The highest BCUT2D eigenvalue weighted by molar-refractivity contribution is 5.96. The van der Waals surface area contributed by atoms with Gasteiger partial charge in [-0.25, -0.2) is 23.4 Å². The first-order valence-corrected chi connectivity index (χ1v) is 12.6. The number of likely N-dealkylation sites (tertiary alicyclic amines) is 1. The summed E-state index contributed by atoms with van der Waals surface area (Å²) in [4.78, 5) is 22.8. The monoisotopic (exact) mass is 561 g/mol. The Morgan fingerprint density at radius 2 is 1.93 bits per heavy atom. The fraction of sp³-hybridized carbons (Fsp3) is 0.296. The summed E-state index contributed by atoms with van der Waals surface area (Å²) in [5, 5.41) is 23.6. The summed E-state index contributed by atoms with van der Waals surface area (Å²) in [6, 6.07) is 12.1. The van der Waals surface area contributed by atoms with Crippen LogP contribution in [0.5, 0.6) is 11.5 Å². The first-order valence-electron chi connectivity index (χ1n) is 12.6. The number of hydrogen-bond acceptors (Lipinski definition) is 10. The fourth-order valence-corrected chi connectivity index (χ4v) is 4.28. The number of methoxy groups -OCH3 is 1. The number of anilines is 2. The summed E-state index contributed by atoms with van der Waals surface area (Å²) < 4.78 is 38.5. The minimum atomic E-state index is -2.43. The third kappa shape index (κ3) is 6.19. The number of tetrazole rings is 1. The fourth-order valence-electron chi connectivity index (χ4n) is 4.28. The summed E-state index contributed by atoms with van der Waals surface area (Å²) in [5.41, 5.74) is 2.69. The normalized spacial score (nSPS) is 13.8. The van der Waals surface area contributed by atoms with E-state index in [9.17, 15) is 18.8 Å². The van der Waals surface area contributed by atoms with Gasteiger partial charge < -0.3 is 19.7 Å². The Bertz CT molecular complexity index is 1550. The number of amides is 1. The van der Waals surface area contributed by atoms with Crippen LogP contribution < -0.4 is 14.8 Å². The molecule has 210 valence electrons. The van der Waals surface area contributed by atoms with Crippen LogP contribution in [0.3, 0.4) is 0 Å². The number of alkyl halides is 2.